The van der Waals surface area contributed by atoms with E-state index in [-0.39, 0.29) is 12.2 Å². The van der Waals surface area contributed by atoms with E-state index in [1.807, 2.05) is 0 Å². The first-order valence-electron chi connectivity index (χ1n) is 11.4. The Morgan fingerprint density at radius 2 is 1.55 bits per heavy atom. The number of amides is 1. The number of cyclic esters (lactones) is 1. The quantitative estimate of drug-likeness (QED) is 0.698. The average Bonchev–Trinajstić information content (AvgIpc) is 3.04. The van der Waals surface area contributed by atoms with Crippen LogP contribution in [-0.2, 0) is 17.6 Å². The van der Waals surface area contributed by atoms with Gasteiger partial charge in [0.1, 0.15) is 6.10 Å². The van der Waals surface area contributed by atoms with E-state index in [1.54, 1.807) is 11.0 Å². The fourth-order valence-electron chi connectivity index (χ4n) is 5.35. The number of hydrogen-bond acceptors (Lipinski definition) is 4. The van der Waals surface area contributed by atoms with Gasteiger partial charge in [-0.25, -0.2) is 4.79 Å². The van der Waals surface area contributed by atoms with E-state index in [0.717, 1.165) is 45.6 Å². The van der Waals surface area contributed by atoms with Crippen LogP contribution in [0.25, 0.3) is 0 Å². The van der Waals surface area contributed by atoms with E-state index in [2.05, 4.69) is 64.9 Å². The van der Waals surface area contributed by atoms with Gasteiger partial charge in [-0.3, -0.25) is 9.80 Å². The van der Waals surface area contributed by atoms with Gasteiger partial charge in [0.25, 0.3) is 0 Å². The van der Waals surface area contributed by atoms with Crippen molar-refractivity contribution in [3.8, 4) is 0 Å². The summed E-state index contributed by atoms with van der Waals surface area (Å²) in [6, 6.07) is 18.3. The Labute approximate surface area is 184 Å². The summed E-state index contributed by atoms with van der Waals surface area (Å²) in [5.41, 5.74) is 5.88. The van der Waals surface area contributed by atoms with Crippen molar-refractivity contribution >= 4 is 6.09 Å². The van der Waals surface area contributed by atoms with Crippen molar-refractivity contribution < 1.29 is 9.53 Å². The Kier molecular flexibility index (Phi) is 5.79. The summed E-state index contributed by atoms with van der Waals surface area (Å²) in [7, 11) is 0. The Morgan fingerprint density at radius 1 is 0.935 bits per heavy atom. The molecule has 0 spiro atoms. The summed E-state index contributed by atoms with van der Waals surface area (Å²) in [5.74, 6) is 0. The van der Waals surface area contributed by atoms with Crippen molar-refractivity contribution in [2.45, 2.75) is 25.0 Å². The van der Waals surface area contributed by atoms with Crippen LogP contribution in [0, 0.1) is 0 Å². The van der Waals surface area contributed by atoms with Gasteiger partial charge >= 0.3 is 6.09 Å². The number of aryl methyl sites for hydroxylation is 2. The summed E-state index contributed by atoms with van der Waals surface area (Å²) in [5, 5.41) is 0. The number of rotatable bonds is 5. The molecule has 2 saturated heterocycles. The fraction of sp³-hybridized carbons (Fsp3) is 0.423. The van der Waals surface area contributed by atoms with Gasteiger partial charge in [0.15, 0.2) is 0 Å². The van der Waals surface area contributed by atoms with E-state index in [4.69, 9.17) is 4.74 Å². The minimum Gasteiger partial charge on any atom is -0.443 e. The van der Waals surface area contributed by atoms with Crippen LogP contribution >= 0.6 is 0 Å². The second kappa shape index (κ2) is 8.85. The lowest BCUT2D eigenvalue weighted by molar-refractivity contribution is 0.0670. The van der Waals surface area contributed by atoms with Gasteiger partial charge < -0.3 is 9.64 Å². The van der Waals surface area contributed by atoms with E-state index < -0.39 is 0 Å². The third kappa shape index (κ3) is 4.12. The van der Waals surface area contributed by atoms with Gasteiger partial charge in [-0.1, -0.05) is 54.6 Å². The van der Waals surface area contributed by atoms with Crippen molar-refractivity contribution in [1.82, 2.24) is 14.7 Å². The van der Waals surface area contributed by atoms with Crippen LogP contribution in [0.5, 0.6) is 0 Å². The topological polar surface area (TPSA) is 36.0 Å². The molecular formula is C26H31N3O2. The number of nitrogens with zero attached hydrogens (tertiary/aromatic N) is 3. The predicted octanol–water partition coefficient (Wildman–Crippen LogP) is 3.50. The molecule has 162 valence electrons. The lowest BCUT2D eigenvalue weighted by Gasteiger charge is -2.40. The Hall–Kier alpha value is -2.63. The molecule has 0 N–H and O–H groups in total. The maximum Gasteiger partial charge on any atom is 0.410 e. The highest BCUT2D eigenvalue weighted by atomic mass is 16.6. The SMILES string of the molecule is C=CCN1CC(CN2CCN(C3c4ccccc4CCc4ccccc43)CC2)OC1=O. The number of carbonyl (C=O) groups is 1. The Morgan fingerprint density at radius 3 is 2.16 bits per heavy atom. The molecular weight excluding hydrogens is 386 g/mol. The summed E-state index contributed by atoms with van der Waals surface area (Å²) >= 11 is 0. The van der Waals surface area contributed by atoms with Crippen molar-refractivity contribution in [3.05, 3.63) is 83.4 Å². The lowest BCUT2D eigenvalue weighted by Crippen LogP contribution is -2.50. The normalized spacial score (nSPS) is 22.5. The van der Waals surface area contributed by atoms with Crippen LogP contribution in [0.1, 0.15) is 28.3 Å². The Balaban J connectivity index is 1.29. The Bertz CT molecular complexity index is 904. The smallest absolute Gasteiger partial charge is 0.410 e. The number of hydrogen-bond donors (Lipinski definition) is 0. The molecule has 0 aromatic heterocycles. The molecule has 0 radical (unpaired) electrons. The molecule has 31 heavy (non-hydrogen) atoms. The summed E-state index contributed by atoms with van der Waals surface area (Å²) in [4.78, 5) is 18.8. The molecule has 1 aliphatic carbocycles. The zero-order valence-electron chi connectivity index (χ0n) is 18.1. The van der Waals surface area contributed by atoms with E-state index in [9.17, 15) is 4.79 Å². The van der Waals surface area contributed by atoms with Crippen molar-refractivity contribution in [3.63, 3.8) is 0 Å². The molecule has 2 aliphatic heterocycles. The minimum absolute atomic E-state index is 0.0432. The first kappa shape index (κ1) is 20.3. The molecule has 0 saturated carbocycles. The lowest BCUT2D eigenvalue weighted by atomic mass is 9.92. The largest absolute Gasteiger partial charge is 0.443 e. The number of benzene rings is 2. The maximum absolute atomic E-state index is 12.0. The monoisotopic (exact) mass is 417 g/mol. The molecule has 5 nitrogen and oxygen atoms in total. The summed E-state index contributed by atoms with van der Waals surface area (Å²) < 4.78 is 5.57. The molecule has 2 aromatic rings. The van der Waals surface area contributed by atoms with Crippen molar-refractivity contribution in [1.29, 1.82) is 0 Å². The number of fused-ring (bicyclic) bond motifs is 2. The molecule has 2 fully saturated rings. The third-order valence-corrected chi connectivity index (χ3v) is 6.90. The molecule has 0 bridgehead atoms. The van der Waals surface area contributed by atoms with Gasteiger partial charge in [-0.2, -0.15) is 0 Å². The second-order valence-corrected chi connectivity index (χ2v) is 8.84. The number of ether oxygens (including phenoxy) is 1. The molecule has 1 unspecified atom stereocenters. The average molecular weight is 418 g/mol. The van der Waals surface area contributed by atoms with Gasteiger partial charge in [-0.15, -0.1) is 6.58 Å². The van der Waals surface area contributed by atoms with Crippen molar-refractivity contribution in [2.75, 3.05) is 45.8 Å². The van der Waals surface area contributed by atoms with Gasteiger partial charge in [0, 0.05) is 39.3 Å². The highest BCUT2D eigenvalue weighted by Gasteiger charge is 2.34. The van der Waals surface area contributed by atoms with E-state index in [1.165, 1.54) is 22.3 Å². The maximum atomic E-state index is 12.0. The molecule has 1 amide bonds. The first-order valence-corrected chi connectivity index (χ1v) is 11.4. The molecule has 5 rings (SSSR count). The highest BCUT2D eigenvalue weighted by Crippen LogP contribution is 2.37. The van der Waals surface area contributed by atoms with Gasteiger partial charge in [0.2, 0.25) is 0 Å². The molecule has 5 heteroatoms. The third-order valence-electron chi connectivity index (χ3n) is 6.90. The van der Waals surface area contributed by atoms with E-state index in [0.29, 0.717) is 19.1 Å². The van der Waals surface area contributed by atoms with Crippen LogP contribution in [0.15, 0.2) is 61.2 Å². The fourth-order valence-corrected chi connectivity index (χ4v) is 5.35. The second-order valence-electron chi connectivity index (χ2n) is 8.84. The zero-order valence-corrected chi connectivity index (χ0v) is 18.1. The molecule has 2 heterocycles. The minimum atomic E-state index is -0.213. The number of carbonyl (C=O) groups excluding carboxylic acids is 1. The van der Waals surface area contributed by atoms with E-state index >= 15 is 0 Å². The predicted molar refractivity (Wildman–Crippen MR) is 122 cm³/mol. The van der Waals surface area contributed by atoms with Crippen LogP contribution < -0.4 is 0 Å². The van der Waals surface area contributed by atoms with Gasteiger partial charge in [-0.05, 0) is 35.1 Å². The van der Waals surface area contributed by atoms with Crippen LogP contribution in [0.4, 0.5) is 4.79 Å². The molecule has 3 aliphatic rings. The zero-order chi connectivity index (χ0) is 21.2. The van der Waals surface area contributed by atoms with Crippen LogP contribution in [0.2, 0.25) is 0 Å². The standard InChI is InChI=1S/C26H31N3O2/c1-2-13-29-19-22(31-26(29)30)18-27-14-16-28(17-15-27)25-23-9-5-3-7-20(23)11-12-21-8-4-6-10-24(21)25/h2-10,22,25H,1,11-19H2. The van der Waals surface area contributed by atoms with Crippen LogP contribution in [0.3, 0.4) is 0 Å². The first-order chi connectivity index (χ1) is 15.2. The highest BCUT2D eigenvalue weighted by molar-refractivity contribution is 5.70. The van der Waals surface area contributed by atoms with Crippen LogP contribution in [-0.4, -0.2) is 72.7 Å². The van der Waals surface area contributed by atoms with Gasteiger partial charge in [0.05, 0.1) is 12.6 Å². The summed E-state index contributed by atoms with van der Waals surface area (Å²) in [6.07, 6.45) is 3.72. The molecule has 2 aromatic carbocycles. The summed E-state index contributed by atoms with van der Waals surface area (Å²) in [6.45, 7) is 9.79. The van der Waals surface area contributed by atoms with Crippen molar-refractivity contribution in [2.24, 2.45) is 0 Å². The number of piperazine rings is 1. The molecule has 1 atom stereocenters.